The number of nitrogens with one attached hydrogen (secondary N) is 2. The first-order valence-corrected chi connectivity index (χ1v) is 9.84. The van der Waals surface area contributed by atoms with Crippen molar-refractivity contribution < 1.29 is 14.3 Å². The van der Waals surface area contributed by atoms with Gasteiger partial charge in [0.25, 0.3) is 5.91 Å². The van der Waals surface area contributed by atoms with Crippen LogP contribution in [-0.4, -0.2) is 77.7 Å². The highest BCUT2D eigenvalue weighted by Gasteiger charge is 2.33. The fourth-order valence-corrected chi connectivity index (χ4v) is 3.49. The van der Waals surface area contributed by atoms with E-state index >= 15 is 0 Å². The minimum absolute atomic E-state index is 0.0969. The highest BCUT2D eigenvalue weighted by atomic mass is 16.5. The van der Waals surface area contributed by atoms with Crippen molar-refractivity contribution >= 4 is 11.8 Å². The summed E-state index contributed by atoms with van der Waals surface area (Å²) in [4.78, 5) is 29.1. The number of hydrogen-bond donors (Lipinski definition) is 2. The molecule has 1 aliphatic heterocycles. The molecule has 2 amide bonds. The second-order valence-electron chi connectivity index (χ2n) is 7.56. The number of rotatable bonds is 6. The molecule has 1 atom stereocenters. The summed E-state index contributed by atoms with van der Waals surface area (Å²) in [5.74, 6) is 0.630. The number of amides is 2. The zero-order valence-corrected chi connectivity index (χ0v) is 17.5. The van der Waals surface area contributed by atoms with Crippen LogP contribution in [0.4, 0.5) is 0 Å². The van der Waals surface area contributed by atoms with E-state index in [1.54, 1.807) is 4.90 Å². The molecule has 0 spiro atoms. The lowest BCUT2D eigenvalue weighted by molar-refractivity contribution is -0.127. The number of carbonyl (C=O) groups is 2. The zero-order valence-electron chi connectivity index (χ0n) is 17.5. The van der Waals surface area contributed by atoms with Gasteiger partial charge in [-0.05, 0) is 39.4 Å². The van der Waals surface area contributed by atoms with Crippen LogP contribution in [0.2, 0.25) is 0 Å². The molecule has 2 N–H and O–H groups in total. The number of likely N-dealkylation sites (N-methyl/N-ethyl adjacent to an activating group) is 1. The van der Waals surface area contributed by atoms with E-state index in [-0.39, 0.29) is 17.9 Å². The monoisotopic (exact) mass is 399 g/mol. The topological polar surface area (TPSA) is 90.6 Å². The van der Waals surface area contributed by atoms with E-state index in [4.69, 9.17) is 4.74 Å². The summed E-state index contributed by atoms with van der Waals surface area (Å²) in [5, 5.41) is 9.63. The molecule has 1 aliphatic rings. The molecule has 0 unspecified atom stereocenters. The number of hydrogen-bond acceptors (Lipinski definition) is 5. The Morgan fingerprint density at radius 1 is 1.28 bits per heavy atom. The summed E-state index contributed by atoms with van der Waals surface area (Å²) in [7, 11) is 1.90. The largest absolute Gasteiger partial charge is 0.491 e. The molecule has 1 fully saturated rings. The van der Waals surface area contributed by atoms with Gasteiger partial charge >= 0.3 is 0 Å². The molecule has 29 heavy (non-hydrogen) atoms. The standard InChI is InChI=1S/C21H29N5O3/c1-14-5-6-19(15(2)11-14)29-10-7-22-20(27)18-13-26(9-8-25(18)4)21(28)17-12-23-24-16(17)3/h5-6,11-12,18H,7-10,13H2,1-4H3,(H,22,27)(H,23,24)/t18-/m0/s1. The van der Waals surface area contributed by atoms with E-state index in [2.05, 4.69) is 21.6 Å². The molecular formula is C21H29N5O3. The third-order valence-corrected chi connectivity index (χ3v) is 5.29. The first-order valence-electron chi connectivity index (χ1n) is 9.84. The van der Waals surface area contributed by atoms with Crippen molar-refractivity contribution in [3.05, 3.63) is 46.8 Å². The van der Waals surface area contributed by atoms with Gasteiger partial charge in [0.05, 0.1) is 18.3 Å². The number of aryl methyl sites for hydroxylation is 3. The van der Waals surface area contributed by atoms with Crippen molar-refractivity contribution in [1.29, 1.82) is 0 Å². The summed E-state index contributed by atoms with van der Waals surface area (Å²) in [5.41, 5.74) is 3.55. The van der Waals surface area contributed by atoms with Gasteiger partial charge in [-0.3, -0.25) is 19.6 Å². The minimum atomic E-state index is -0.388. The van der Waals surface area contributed by atoms with Gasteiger partial charge in [-0.1, -0.05) is 17.7 Å². The molecule has 1 saturated heterocycles. The molecular weight excluding hydrogens is 370 g/mol. The Kier molecular flexibility index (Phi) is 6.53. The molecule has 2 heterocycles. The lowest BCUT2D eigenvalue weighted by Crippen LogP contribution is -2.59. The number of piperazine rings is 1. The van der Waals surface area contributed by atoms with Gasteiger partial charge in [0.1, 0.15) is 18.4 Å². The van der Waals surface area contributed by atoms with Gasteiger partial charge in [-0.2, -0.15) is 5.10 Å². The molecule has 0 radical (unpaired) electrons. The van der Waals surface area contributed by atoms with Crippen molar-refractivity contribution in [3.63, 3.8) is 0 Å². The van der Waals surface area contributed by atoms with E-state index in [9.17, 15) is 9.59 Å². The Labute approximate surface area is 171 Å². The number of H-pyrrole nitrogens is 1. The van der Waals surface area contributed by atoms with Crippen LogP contribution in [0.3, 0.4) is 0 Å². The number of benzene rings is 1. The Morgan fingerprint density at radius 2 is 2.07 bits per heavy atom. The van der Waals surface area contributed by atoms with E-state index in [0.717, 1.165) is 17.0 Å². The van der Waals surface area contributed by atoms with E-state index < -0.39 is 0 Å². The van der Waals surface area contributed by atoms with E-state index in [0.29, 0.717) is 38.3 Å². The predicted octanol–water partition coefficient (Wildman–Crippen LogP) is 1.29. The number of aromatic nitrogens is 2. The number of aromatic amines is 1. The van der Waals surface area contributed by atoms with Gasteiger partial charge in [-0.15, -0.1) is 0 Å². The summed E-state index contributed by atoms with van der Waals surface area (Å²) in [6, 6.07) is 5.63. The second-order valence-corrected chi connectivity index (χ2v) is 7.56. The van der Waals surface area contributed by atoms with Gasteiger partial charge in [0, 0.05) is 25.3 Å². The average Bonchev–Trinajstić information content (AvgIpc) is 3.12. The normalized spacial score (nSPS) is 17.2. The molecule has 156 valence electrons. The van der Waals surface area contributed by atoms with Crippen molar-refractivity contribution in [2.45, 2.75) is 26.8 Å². The highest BCUT2D eigenvalue weighted by Crippen LogP contribution is 2.18. The summed E-state index contributed by atoms with van der Waals surface area (Å²) in [6.07, 6.45) is 1.54. The van der Waals surface area contributed by atoms with Crippen molar-refractivity contribution in [1.82, 2.24) is 25.3 Å². The Morgan fingerprint density at radius 3 is 2.76 bits per heavy atom. The van der Waals surface area contributed by atoms with Crippen LogP contribution in [0.25, 0.3) is 0 Å². The SMILES string of the molecule is Cc1ccc(OCCNC(=O)[C@@H]2CN(C(=O)c3cn[nH]c3C)CCN2C)c(C)c1. The molecule has 3 rings (SSSR count). The molecule has 0 bridgehead atoms. The number of nitrogens with zero attached hydrogens (tertiary/aromatic N) is 3. The summed E-state index contributed by atoms with van der Waals surface area (Å²) >= 11 is 0. The van der Waals surface area contributed by atoms with Crippen molar-refractivity contribution in [2.75, 3.05) is 39.8 Å². The Balaban J connectivity index is 1.51. The van der Waals surface area contributed by atoms with E-state index in [1.165, 1.54) is 11.8 Å². The van der Waals surface area contributed by atoms with Crippen LogP contribution in [0, 0.1) is 20.8 Å². The van der Waals surface area contributed by atoms with E-state index in [1.807, 2.05) is 44.9 Å². The molecule has 8 heteroatoms. The Bertz CT molecular complexity index is 879. The Hall–Kier alpha value is -2.87. The van der Waals surface area contributed by atoms with Crippen molar-refractivity contribution in [2.24, 2.45) is 0 Å². The summed E-state index contributed by atoms with van der Waals surface area (Å²) < 4.78 is 5.77. The third kappa shape index (κ3) is 4.95. The fraction of sp³-hybridized carbons (Fsp3) is 0.476. The second kappa shape index (κ2) is 9.09. The summed E-state index contributed by atoms with van der Waals surface area (Å²) in [6.45, 7) is 8.23. The quantitative estimate of drug-likeness (QED) is 0.715. The lowest BCUT2D eigenvalue weighted by Gasteiger charge is -2.38. The van der Waals surface area contributed by atoms with Gasteiger partial charge in [-0.25, -0.2) is 0 Å². The molecule has 1 aromatic carbocycles. The lowest BCUT2D eigenvalue weighted by atomic mass is 10.1. The molecule has 8 nitrogen and oxygen atoms in total. The van der Waals surface area contributed by atoms with Crippen LogP contribution in [0.1, 0.15) is 27.2 Å². The third-order valence-electron chi connectivity index (χ3n) is 5.29. The maximum Gasteiger partial charge on any atom is 0.257 e. The van der Waals surface area contributed by atoms with Crippen LogP contribution >= 0.6 is 0 Å². The molecule has 2 aromatic rings. The first kappa shape index (κ1) is 20.9. The smallest absolute Gasteiger partial charge is 0.257 e. The average molecular weight is 399 g/mol. The molecule has 0 aliphatic carbocycles. The minimum Gasteiger partial charge on any atom is -0.491 e. The molecule has 1 aromatic heterocycles. The van der Waals surface area contributed by atoms with Crippen LogP contribution < -0.4 is 10.1 Å². The number of carbonyl (C=O) groups excluding carboxylic acids is 2. The number of ether oxygens (including phenoxy) is 1. The van der Waals surface area contributed by atoms with Gasteiger partial charge in [0.2, 0.25) is 5.91 Å². The van der Waals surface area contributed by atoms with Gasteiger partial charge < -0.3 is 15.0 Å². The maximum atomic E-state index is 12.7. The highest BCUT2D eigenvalue weighted by molar-refractivity contribution is 5.95. The van der Waals surface area contributed by atoms with Gasteiger partial charge in [0.15, 0.2) is 0 Å². The van der Waals surface area contributed by atoms with Crippen molar-refractivity contribution in [3.8, 4) is 5.75 Å². The maximum absolute atomic E-state index is 12.7. The molecule has 0 saturated carbocycles. The van der Waals surface area contributed by atoms with Crippen LogP contribution in [-0.2, 0) is 4.79 Å². The van der Waals surface area contributed by atoms with Crippen LogP contribution in [0.15, 0.2) is 24.4 Å². The fourth-order valence-electron chi connectivity index (χ4n) is 3.49. The first-order chi connectivity index (χ1) is 13.9. The zero-order chi connectivity index (χ0) is 21.0. The van der Waals surface area contributed by atoms with Crippen LogP contribution in [0.5, 0.6) is 5.75 Å². The predicted molar refractivity (Wildman–Crippen MR) is 110 cm³/mol.